The highest BCUT2D eigenvalue weighted by atomic mass is 19.1. The molecule has 1 unspecified atom stereocenters. The second kappa shape index (κ2) is 10.4. The number of anilines is 2. The standard InChI is InChI=1S/C24H27F2N5O2/c1-31-22(9-12-28-31)19-15-18(29-24(32)30-21-7-5-16(25)14-20(21)26)6-8-23(19)33-13-10-17-4-2-3-11-27-17/h5-9,12,14-15,17,27H,2-4,10-11,13H2,1H3,(H2,29,30,32). The van der Waals surface area contributed by atoms with Crippen LogP contribution in [0.4, 0.5) is 25.0 Å². The molecule has 0 saturated carbocycles. The number of hydrogen-bond acceptors (Lipinski definition) is 4. The molecule has 1 atom stereocenters. The maximum atomic E-state index is 13.8. The molecule has 33 heavy (non-hydrogen) atoms. The lowest BCUT2D eigenvalue weighted by molar-refractivity contribution is 0.262. The number of rotatable bonds is 7. The molecule has 3 N–H and O–H groups in total. The van der Waals surface area contributed by atoms with Gasteiger partial charge in [0, 0.05) is 36.6 Å². The monoisotopic (exact) mass is 455 g/mol. The van der Waals surface area contributed by atoms with Gasteiger partial charge in [0.05, 0.1) is 18.0 Å². The van der Waals surface area contributed by atoms with Crippen LogP contribution >= 0.6 is 0 Å². The zero-order valence-corrected chi connectivity index (χ0v) is 18.4. The molecular weight excluding hydrogens is 428 g/mol. The number of ether oxygens (including phenoxy) is 1. The highest BCUT2D eigenvalue weighted by Gasteiger charge is 2.16. The van der Waals surface area contributed by atoms with Crippen molar-refractivity contribution < 1.29 is 18.3 Å². The van der Waals surface area contributed by atoms with Gasteiger partial charge in [-0.3, -0.25) is 4.68 Å². The summed E-state index contributed by atoms with van der Waals surface area (Å²) in [5.74, 6) is -0.879. The van der Waals surface area contributed by atoms with Crippen molar-refractivity contribution in [1.29, 1.82) is 0 Å². The minimum Gasteiger partial charge on any atom is -0.493 e. The van der Waals surface area contributed by atoms with E-state index in [1.54, 1.807) is 29.1 Å². The summed E-state index contributed by atoms with van der Waals surface area (Å²) in [5.41, 5.74) is 1.98. The van der Waals surface area contributed by atoms with E-state index in [4.69, 9.17) is 4.74 Å². The molecular formula is C24H27F2N5O2. The van der Waals surface area contributed by atoms with Crippen LogP contribution in [0.25, 0.3) is 11.3 Å². The molecule has 0 aliphatic carbocycles. The molecule has 2 heterocycles. The van der Waals surface area contributed by atoms with Crippen molar-refractivity contribution in [2.45, 2.75) is 31.7 Å². The molecule has 2 aromatic carbocycles. The average Bonchev–Trinajstić information content (AvgIpc) is 3.23. The molecule has 3 aromatic rings. The number of halogens is 2. The summed E-state index contributed by atoms with van der Waals surface area (Å²) in [5, 5.41) is 12.8. The highest BCUT2D eigenvalue weighted by molar-refractivity contribution is 6.00. The predicted octanol–water partition coefficient (Wildman–Crippen LogP) is 4.92. The minimum atomic E-state index is -0.850. The first-order valence-electron chi connectivity index (χ1n) is 11.0. The van der Waals surface area contributed by atoms with Gasteiger partial charge in [0.2, 0.25) is 0 Å². The Kier molecular flexibility index (Phi) is 7.19. The van der Waals surface area contributed by atoms with E-state index in [9.17, 15) is 13.6 Å². The Labute approximate surface area is 191 Å². The summed E-state index contributed by atoms with van der Waals surface area (Å²) in [4.78, 5) is 12.4. The number of piperidine rings is 1. The van der Waals surface area contributed by atoms with Gasteiger partial charge in [-0.2, -0.15) is 5.10 Å². The van der Waals surface area contributed by atoms with Crippen LogP contribution in [0.2, 0.25) is 0 Å². The summed E-state index contributed by atoms with van der Waals surface area (Å²) in [6.07, 6.45) is 6.22. The fourth-order valence-corrected chi connectivity index (χ4v) is 3.93. The Bertz CT molecular complexity index is 1110. The van der Waals surface area contributed by atoms with Crippen LogP contribution in [-0.2, 0) is 7.05 Å². The number of carbonyl (C=O) groups is 1. The molecule has 4 rings (SSSR count). The molecule has 174 valence electrons. The summed E-state index contributed by atoms with van der Waals surface area (Å²) in [6, 6.07) is 9.94. The van der Waals surface area contributed by atoms with Crippen LogP contribution in [0.3, 0.4) is 0 Å². The van der Waals surface area contributed by atoms with Crippen molar-refractivity contribution in [3.63, 3.8) is 0 Å². The maximum Gasteiger partial charge on any atom is 0.323 e. The summed E-state index contributed by atoms with van der Waals surface area (Å²) < 4.78 is 34.8. The third-order valence-corrected chi connectivity index (χ3v) is 5.65. The first-order valence-corrected chi connectivity index (χ1v) is 11.0. The van der Waals surface area contributed by atoms with Gasteiger partial charge in [0.1, 0.15) is 17.4 Å². The second-order valence-corrected chi connectivity index (χ2v) is 8.04. The lowest BCUT2D eigenvalue weighted by Crippen LogP contribution is -2.35. The van der Waals surface area contributed by atoms with Crippen LogP contribution in [0.1, 0.15) is 25.7 Å². The zero-order valence-electron chi connectivity index (χ0n) is 18.4. The van der Waals surface area contributed by atoms with Gasteiger partial charge in [-0.1, -0.05) is 6.42 Å². The van der Waals surface area contributed by atoms with E-state index >= 15 is 0 Å². The normalized spacial score (nSPS) is 15.8. The predicted molar refractivity (Wildman–Crippen MR) is 123 cm³/mol. The van der Waals surface area contributed by atoms with Crippen LogP contribution in [-0.4, -0.2) is 35.0 Å². The second-order valence-electron chi connectivity index (χ2n) is 8.04. The molecule has 0 bridgehead atoms. The van der Waals surface area contributed by atoms with Gasteiger partial charge in [-0.25, -0.2) is 13.6 Å². The Balaban J connectivity index is 1.47. The van der Waals surface area contributed by atoms with Crippen molar-refractivity contribution in [2.75, 3.05) is 23.8 Å². The van der Waals surface area contributed by atoms with E-state index in [-0.39, 0.29) is 5.69 Å². The van der Waals surface area contributed by atoms with Gasteiger partial charge in [-0.15, -0.1) is 0 Å². The molecule has 9 heteroatoms. The average molecular weight is 456 g/mol. The van der Waals surface area contributed by atoms with Crippen molar-refractivity contribution in [3.8, 4) is 17.0 Å². The number of amides is 2. The lowest BCUT2D eigenvalue weighted by atomic mass is 10.0. The van der Waals surface area contributed by atoms with Crippen molar-refractivity contribution in [2.24, 2.45) is 7.05 Å². The summed E-state index contributed by atoms with van der Waals surface area (Å²) in [6.45, 7) is 1.62. The minimum absolute atomic E-state index is 0.114. The number of nitrogens with one attached hydrogen (secondary N) is 3. The van der Waals surface area contributed by atoms with Gasteiger partial charge < -0.3 is 20.7 Å². The quantitative estimate of drug-likeness (QED) is 0.472. The topological polar surface area (TPSA) is 80.2 Å². The smallest absolute Gasteiger partial charge is 0.323 e. The fourth-order valence-electron chi connectivity index (χ4n) is 3.93. The Morgan fingerprint density at radius 2 is 2.06 bits per heavy atom. The zero-order chi connectivity index (χ0) is 23.2. The number of carbonyl (C=O) groups excluding carboxylic acids is 1. The SMILES string of the molecule is Cn1nccc1-c1cc(NC(=O)Nc2ccc(F)cc2F)ccc1OCCC1CCCCN1. The van der Waals surface area contributed by atoms with Crippen LogP contribution in [0.5, 0.6) is 5.75 Å². The molecule has 1 saturated heterocycles. The maximum absolute atomic E-state index is 13.8. The molecule has 2 amide bonds. The first kappa shape index (κ1) is 22.7. The van der Waals surface area contributed by atoms with Crippen molar-refractivity contribution in [3.05, 3.63) is 60.3 Å². The molecule has 1 fully saturated rings. The fraction of sp³-hybridized carbons (Fsp3) is 0.333. The van der Waals surface area contributed by atoms with Crippen molar-refractivity contribution >= 4 is 17.4 Å². The molecule has 1 aliphatic heterocycles. The van der Waals surface area contributed by atoms with Gasteiger partial charge in [-0.05, 0) is 62.2 Å². The largest absolute Gasteiger partial charge is 0.493 e. The van der Waals surface area contributed by atoms with Crippen LogP contribution in [0, 0.1) is 11.6 Å². The van der Waals surface area contributed by atoms with E-state index in [2.05, 4.69) is 21.0 Å². The number of aryl methyl sites for hydroxylation is 1. The number of urea groups is 1. The Morgan fingerprint density at radius 1 is 1.18 bits per heavy atom. The third-order valence-electron chi connectivity index (χ3n) is 5.65. The molecule has 0 radical (unpaired) electrons. The molecule has 1 aromatic heterocycles. The van der Waals surface area contributed by atoms with Crippen molar-refractivity contribution in [1.82, 2.24) is 15.1 Å². The molecule has 0 spiro atoms. The number of benzene rings is 2. The lowest BCUT2D eigenvalue weighted by Gasteiger charge is -2.23. The number of nitrogens with zero attached hydrogens (tertiary/aromatic N) is 2. The Morgan fingerprint density at radius 3 is 2.79 bits per heavy atom. The van der Waals surface area contributed by atoms with Gasteiger partial charge in [0.15, 0.2) is 0 Å². The molecule has 1 aliphatic rings. The third kappa shape index (κ3) is 5.87. The van der Waals surface area contributed by atoms with Gasteiger partial charge >= 0.3 is 6.03 Å². The number of hydrogen-bond donors (Lipinski definition) is 3. The van der Waals surface area contributed by atoms with Gasteiger partial charge in [0.25, 0.3) is 0 Å². The van der Waals surface area contributed by atoms with E-state index < -0.39 is 17.7 Å². The van der Waals surface area contributed by atoms with E-state index in [1.165, 1.54) is 18.9 Å². The Hall–Kier alpha value is -3.46. The molecule has 7 nitrogen and oxygen atoms in total. The summed E-state index contributed by atoms with van der Waals surface area (Å²) in [7, 11) is 1.83. The first-order chi connectivity index (χ1) is 16.0. The van der Waals surface area contributed by atoms with Crippen LogP contribution in [0.15, 0.2) is 48.7 Å². The van der Waals surface area contributed by atoms with Crippen LogP contribution < -0.4 is 20.7 Å². The summed E-state index contributed by atoms with van der Waals surface area (Å²) >= 11 is 0. The highest BCUT2D eigenvalue weighted by Crippen LogP contribution is 2.33. The van der Waals surface area contributed by atoms with E-state index in [1.807, 2.05) is 13.1 Å². The number of aromatic nitrogens is 2. The van der Waals surface area contributed by atoms with E-state index in [0.29, 0.717) is 30.2 Å². The van der Waals surface area contributed by atoms with E-state index in [0.717, 1.165) is 36.7 Å².